The molecule has 2 aromatic carbocycles. The Kier molecular flexibility index (Phi) is 6.23. The number of hydrogen-bond acceptors (Lipinski definition) is 4. The van der Waals surface area contributed by atoms with Crippen molar-refractivity contribution in [3.8, 4) is 11.5 Å². The van der Waals surface area contributed by atoms with Crippen molar-refractivity contribution in [1.29, 1.82) is 0 Å². The van der Waals surface area contributed by atoms with Crippen LogP contribution < -0.4 is 15.0 Å². The van der Waals surface area contributed by atoms with Crippen LogP contribution in [0.3, 0.4) is 0 Å². The van der Waals surface area contributed by atoms with Crippen LogP contribution in [-0.2, 0) is 17.4 Å². The fourth-order valence-corrected chi connectivity index (χ4v) is 3.53. The summed E-state index contributed by atoms with van der Waals surface area (Å²) in [5.74, 6) is -1.29. The number of carbonyl (C=O) groups is 2. The Bertz CT molecular complexity index is 1260. The largest absolute Gasteiger partial charge is 0.457 e. The number of halogens is 4. The predicted molar refractivity (Wildman–Crippen MR) is 116 cm³/mol. The van der Waals surface area contributed by atoms with Gasteiger partial charge < -0.3 is 10.1 Å². The minimum Gasteiger partial charge on any atom is -0.457 e. The number of amides is 2. The number of carbonyl (C=O) groups excluding carboxylic acids is 2. The molecule has 1 aliphatic heterocycles. The summed E-state index contributed by atoms with van der Waals surface area (Å²) in [5.41, 5.74) is -0.287. The van der Waals surface area contributed by atoms with Gasteiger partial charge in [-0.15, -0.1) is 0 Å². The Hall–Kier alpha value is -3.95. The summed E-state index contributed by atoms with van der Waals surface area (Å²) in [4.78, 5) is 30.6. The van der Waals surface area contributed by atoms with Gasteiger partial charge in [-0.25, -0.2) is 9.37 Å². The highest BCUT2D eigenvalue weighted by Crippen LogP contribution is 2.35. The summed E-state index contributed by atoms with van der Waals surface area (Å²) >= 11 is 0. The van der Waals surface area contributed by atoms with E-state index in [1.165, 1.54) is 11.0 Å². The van der Waals surface area contributed by atoms with Crippen LogP contribution in [0.25, 0.3) is 0 Å². The van der Waals surface area contributed by atoms with Crippen LogP contribution in [0.2, 0.25) is 0 Å². The van der Waals surface area contributed by atoms with E-state index in [-0.39, 0.29) is 29.7 Å². The van der Waals surface area contributed by atoms with Crippen LogP contribution in [0, 0.1) is 5.82 Å². The normalized spacial score (nSPS) is 13.4. The number of aromatic nitrogens is 1. The van der Waals surface area contributed by atoms with E-state index in [4.69, 9.17) is 4.74 Å². The molecule has 1 aliphatic rings. The van der Waals surface area contributed by atoms with Crippen molar-refractivity contribution < 1.29 is 31.9 Å². The van der Waals surface area contributed by atoms with Crippen LogP contribution in [0.4, 0.5) is 29.2 Å². The van der Waals surface area contributed by atoms with E-state index in [1.54, 1.807) is 37.3 Å². The number of nitrogens with zero attached hydrogens (tertiary/aromatic N) is 2. The molecule has 0 saturated heterocycles. The van der Waals surface area contributed by atoms with Gasteiger partial charge >= 0.3 is 6.18 Å². The molecule has 10 heteroatoms. The van der Waals surface area contributed by atoms with Gasteiger partial charge in [-0.05, 0) is 48.4 Å². The maximum atomic E-state index is 13.9. The Labute approximate surface area is 192 Å². The summed E-state index contributed by atoms with van der Waals surface area (Å²) in [5, 5.41) is 2.65. The molecule has 0 spiro atoms. The summed E-state index contributed by atoms with van der Waals surface area (Å²) in [7, 11) is 0. The molecule has 0 saturated carbocycles. The molecule has 0 aliphatic carbocycles. The molecule has 1 N–H and O–H groups in total. The first-order valence-electron chi connectivity index (χ1n) is 10.4. The molecule has 0 atom stereocenters. The molecule has 6 nitrogen and oxygen atoms in total. The van der Waals surface area contributed by atoms with Crippen molar-refractivity contribution in [2.24, 2.45) is 0 Å². The predicted octanol–water partition coefficient (Wildman–Crippen LogP) is 5.58. The lowest BCUT2D eigenvalue weighted by molar-refractivity contribution is -0.140. The van der Waals surface area contributed by atoms with E-state index in [2.05, 4.69) is 10.3 Å². The highest BCUT2D eigenvalue weighted by Gasteiger charge is 2.34. The Morgan fingerprint density at radius 3 is 2.56 bits per heavy atom. The Balaban J connectivity index is 1.57. The lowest BCUT2D eigenvalue weighted by atomic mass is 9.98. The number of anilines is 2. The second kappa shape index (κ2) is 9.12. The molecule has 2 heterocycles. The van der Waals surface area contributed by atoms with E-state index in [1.807, 2.05) is 0 Å². The van der Waals surface area contributed by atoms with Gasteiger partial charge in [0.2, 0.25) is 5.91 Å². The number of nitrogens with one attached hydrogen (secondary N) is 1. The molecule has 0 radical (unpaired) electrons. The number of rotatable bonds is 5. The fourth-order valence-electron chi connectivity index (χ4n) is 3.53. The van der Waals surface area contributed by atoms with E-state index in [0.717, 1.165) is 11.6 Å². The highest BCUT2D eigenvalue weighted by molar-refractivity contribution is 6.08. The minimum absolute atomic E-state index is 0.133. The molecular weight excluding hydrogens is 454 g/mol. The van der Waals surface area contributed by atoms with E-state index in [0.29, 0.717) is 42.3 Å². The monoisotopic (exact) mass is 473 g/mol. The lowest BCUT2D eigenvalue weighted by Gasteiger charge is -2.28. The van der Waals surface area contributed by atoms with Crippen molar-refractivity contribution in [3.05, 3.63) is 77.1 Å². The van der Waals surface area contributed by atoms with Gasteiger partial charge in [0, 0.05) is 24.6 Å². The molecule has 0 unspecified atom stereocenters. The molecule has 0 bridgehead atoms. The average molecular weight is 473 g/mol. The Morgan fingerprint density at radius 2 is 1.85 bits per heavy atom. The molecule has 0 fully saturated rings. The number of benzene rings is 2. The summed E-state index contributed by atoms with van der Waals surface area (Å²) in [6.45, 7) is 2.08. The molecule has 34 heavy (non-hydrogen) atoms. The van der Waals surface area contributed by atoms with Gasteiger partial charge in [0.05, 0.1) is 5.56 Å². The van der Waals surface area contributed by atoms with Crippen LogP contribution >= 0.6 is 0 Å². The van der Waals surface area contributed by atoms with E-state index >= 15 is 0 Å². The third-order valence-electron chi connectivity index (χ3n) is 5.24. The zero-order valence-electron chi connectivity index (χ0n) is 17.9. The number of ether oxygens (including phenoxy) is 1. The topological polar surface area (TPSA) is 71.5 Å². The quantitative estimate of drug-likeness (QED) is 0.491. The van der Waals surface area contributed by atoms with Crippen molar-refractivity contribution in [2.45, 2.75) is 25.9 Å². The van der Waals surface area contributed by atoms with Gasteiger partial charge in [-0.3, -0.25) is 14.5 Å². The second-order valence-electron chi connectivity index (χ2n) is 7.55. The van der Waals surface area contributed by atoms with Crippen LogP contribution in [-0.4, -0.2) is 23.3 Å². The number of alkyl halides is 3. The lowest BCUT2D eigenvalue weighted by Crippen LogP contribution is -2.38. The zero-order chi connectivity index (χ0) is 24.5. The first-order chi connectivity index (χ1) is 16.2. The van der Waals surface area contributed by atoms with Gasteiger partial charge in [0.1, 0.15) is 29.0 Å². The molecule has 1 aromatic heterocycles. The van der Waals surface area contributed by atoms with Crippen LogP contribution in [0.5, 0.6) is 11.5 Å². The van der Waals surface area contributed by atoms with Crippen LogP contribution in [0.15, 0.2) is 54.6 Å². The van der Waals surface area contributed by atoms with E-state index in [9.17, 15) is 27.2 Å². The maximum Gasteiger partial charge on any atom is 0.419 e. The van der Waals surface area contributed by atoms with Crippen molar-refractivity contribution in [2.75, 3.05) is 16.8 Å². The number of pyridine rings is 1. The average Bonchev–Trinajstić information content (AvgIpc) is 2.79. The SMILES string of the molecule is CCC(=O)Nc1cccc(N2CCc3ccc(Oc4ccc(C(F)(F)F)c(F)c4)cc3C2=O)n1. The third kappa shape index (κ3) is 4.85. The number of hydrogen-bond donors (Lipinski definition) is 1. The molecule has 176 valence electrons. The third-order valence-corrected chi connectivity index (χ3v) is 5.24. The summed E-state index contributed by atoms with van der Waals surface area (Å²) in [6, 6.07) is 11.9. The Morgan fingerprint density at radius 1 is 1.12 bits per heavy atom. The fraction of sp³-hybridized carbons (Fsp3) is 0.208. The molecular formula is C24H19F4N3O3. The number of fused-ring (bicyclic) bond motifs is 1. The minimum atomic E-state index is -4.81. The zero-order valence-corrected chi connectivity index (χ0v) is 17.9. The van der Waals surface area contributed by atoms with Crippen molar-refractivity contribution in [3.63, 3.8) is 0 Å². The van der Waals surface area contributed by atoms with Gasteiger partial charge in [0.25, 0.3) is 5.91 Å². The van der Waals surface area contributed by atoms with Crippen LogP contribution in [0.1, 0.15) is 34.8 Å². The van der Waals surface area contributed by atoms with E-state index < -0.39 is 17.6 Å². The summed E-state index contributed by atoms with van der Waals surface area (Å²) < 4.78 is 57.7. The first-order valence-corrected chi connectivity index (χ1v) is 10.4. The maximum absolute atomic E-state index is 13.9. The molecule has 2 amide bonds. The molecule has 3 aromatic rings. The second-order valence-corrected chi connectivity index (χ2v) is 7.55. The van der Waals surface area contributed by atoms with Gasteiger partial charge in [0.15, 0.2) is 0 Å². The summed E-state index contributed by atoms with van der Waals surface area (Å²) in [6.07, 6.45) is -3.99. The standard InChI is InChI=1S/C24H19F4N3O3/c1-2-22(32)30-20-4-3-5-21(29-20)31-11-10-14-6-7-15(12-17(14)23(31)33)34-16-8-9-18(19(25)13-16)24(26,27)28/h3-9,12-13H,2,10-11H2,1H3,(H,29,30,32). The van der Waals surface area contributed by atoms with Gasteiger partial charge in [-0.2, -0.15) is 13.2 Å². The van der Waals surface area contributed by atoms with Gasteiger partial charge in [-0.1, -0.05) is 19.1 Å². The van der Waals surface area contributed by atoms with Crippen molar-refractivity contribution in [1.82, 2.24) is 4.98 Å². The smallest absolute Gasteiger partial charge is 0.419 e. The molecule has 4 rings (SSSR count). The highest BCUT2D eigenvalue weighted by atomic mass is 19.4. The first kappa shape index (κ1) is 23.2. The van der Waals surface area contributed by atoms with Crippen molar-refractivity contribution >= 4 is 23.5 Å².